The van der Waals surface area contributed by atoms with Crippen LogP contribution in [0.5, 0.6) is 0 Å². The predicted molar refractivity (Wildman–Crippen MR) is 196 cm³/mol. The molecule has 4 aromatic carbocycles. The monoisotopic (exact) mass is 668 g/mol. The van der Waals surface area contributed by atoms with Crippen LogP contribution < -0.4 is 0 Å². The molecule has 3 aliphatic rings. The molecule has 0 aliphatic heterocycles. The van der Waals surface area contributed by atoms with Crippen LogP contribution in [0.3, 0.4) is 0 Å². The zero-order valence-corrected chi connectivity index (χ0v) is 31.8. The molecule has 230 valence electrons. The Labute approximate surface area is 287 Å². The van der Waals surface area contributed by atoms with Gasteiger partial charge in [0.25, 0.3) is 0 Å². The van der Waals surface area contributed by atoms with Crippen molar-refractivity contribution in [2.75, 3.05) is 0 Å². The van der Waals surface area contributed by atoms with Crippen LogP contribution in [0.2, 0.25) is 0 Å². The number of fused-ring (bicyclic) bond motifs is 5. The molecule has 3 aliphatic carbocycles. The normalized spacial score (nSPS) is 18.8. The molecule has 1 heteroatoms. The second kappa shape index (κ2) is 12.8. The van der Waals surface area contributed by atoms with E-state index >= 15 is 0 Å². The first-order valence-corrected chi connectivity index (χ1v) is 17.9. The van der Waals surface area contributed by atoms with E-state index in [9.17, 15) is 0 Å². The van der Waals surface area contributed by atoms with Gasteiger partial charge in [0.05, 0.1) is 0 Å². The van der Waals surface area contributed by atoms with E-state index < -0.39 is 0 Å². The molecule has 7 rings (SSSR count). The fourth-order valence-corrected chi connectivity index (χ4v) is 7.96. The van der Waals surface area contributed by atoms with Gasteiger partial charge in [0.2, 0.25) is 0 Å². The van der Waals surface area contributed by atoms with Crippen LogP contribution in [0.4, 0.5) is 0 Å². The van der Waals surface area contributed by atoms with Gasteiger partial charge in [-0.05, 0) is 36.1 Å². The summed E-state index contributed by atoms with van der Waals surface area (Å²) in [4.78, 5) is 0. The van der Waals surface area contributed by atoms with Crippen LogP contribution in [0, 0.1) is 17.9 Å². The van der Waals surface area contributed by atoms with Crippen molar-refractivity contribution in [2.24, 2.45) is 11.8 Å². The van der Waals surface area contributed by atoms with Crippen LogP contribution in [0.1, 0.15) is 110 Å². The van der Waals surface area contributed by atoms with Crippen molar-refractivity contribution < 1.29 is 24.2 Å². The first kappa shape index (κ1) is 33.6. The molecule has 0 spiro atoms. The minimum atomic E-state index is 0.139. The van der Waals surface area contributed by atoms with E-state index in [0.29, 0.717) is 11.8 Å². The summed E-state index contributed by atoms with van der Waals surface area (Å²) in [5.74, 6) is 1.20. The second-order valence-electron chi connectivity index (χ2n) is 14.7. The Morgan fingerprint density at radius 1 is 0.822 bits per heavy atom. The van der Waals surface area contributed by atoms with E-state index in [1.165, 1.54) is 102 Å². The Bertz CT molecular complexity index is 1800. The third-order valence-corrected chi connectivity index (χ3v) is 11.4. The number of benzene rings is 3. The predicted octanol–water partition coefficient (Wildman–Crippen LogP) is 12.2. The molecule has 0 N–H and O–H groups in total. The average Bonchev–Trinajstić information content (AvgIpc) is 3.66. The summed E-state index contributed by atoms with van der Waals surface area (Å²) in [7, 11) is 0. The summed E-state index contributed by atoms with van der Waals surface area (Å²) in [5, 5.41) is 5.57. The van der Waals surface area contributed by atoms with Gasteiger partial charge in [0.1, 0.15) is 0 Å². The van der Waals surface area contributed by atoms with Gasteiger partial charge in [-0.1, -0.05) is 103 Å². The van der Waals surface area contributed by atoms with E-state index in [1.807, 2.05) is 0 Å². The standard InChI is InChI=1S/C25H25.C10H15.C9H10.Zr/c1-14-12-24(3,4)22-8-16-7-17-9-23-19(15(2)13-25(23,5)6)11-21(17)20(16)10-18(14)22;1-7(2)10-6-8(3)5-9(10)4;1-2-6-9-7-4-3-5-8-9;/h7-13H,1-6H3;6-8H,1-4H3;3-5,7-8H,2H2,1H3;/q2*-1;;+2. The topological polar surface area (TPSA) is 0 Å². The maximum absolute atomic E-state index is 3.37. The van der Waals surface area contributed by atoms with Crippen molar-refractivity contribution in [3.05, 3.63) is 124 Å². The third kappa shape index (κ3) is 6.72. The molecule has 0 aromatic heterocycles. The summed E-state index contributed by atoms with van der Waals surface area (Å²) in [5.41, 5.74) is 13.1. The molecule has 4 aromatic rings. The number of rotatable bonds is 3. The van der Waals surface area contributed by atoms with Crippen LogP contribution in [-0.4, -0.2) is 3.21 Å². The summed E-state index contributed by atoms with van der Waals surface area (Å²) in [6, 6.07) is 22.7. The van der Waals surface area contributed by atoms with Crippen molar-refractivity contribution in [1.82, 2.24) is 0 Å². The van der Waals surface area contributed by atoms with Crippen molar-refractivity contribution in [3.8, 4) is 0 Å². The Balaban J connectivity index is 0.000000165. The Morgan fingerprint density at radius 2 is 1.31 bits per heavy atom. The van der Waals surface area contributed by atoms with Gasteiger partial charge in [0, 0.05) is 10.8 Å². The van der Waals surface area contributed by atoms with Gasteiger partial charge >= 0.3 is 76.7 Å². The Hall–Kier alpha value is -2.76. The minimum absolute atomic E-state index is 0.139. The van der Waals surface area contributed by atoms with Crippen molar-refractivity contribution in [3.63, 3.8) is 0 Å². The first-order valence-electron chi connectivity index (χ1n) is 16.7. The quantitative estimate of drug-likeness (QED) is 0.190. The van der Waals surface area contributed by atoms with Crippen LogP contribution in [-0.2, 0) is 35.1 Å². The van der Waals surface area contributed by atoms with Gasteiger partial charge in [-0.3, -0.25) is 6.08 Å². The summed E-state index contributed by atoms with van der Waals surface area (Å²) >= 11 is 1.54. The molecular formula is C44H50Zr. The Morgan fingerprint density at radius 3 is 1.69 bits per heavy atom. The molecule has 1 unspecified atom stereocenters. The SMILES string of the molecule is CC1=CC(C)(C)c2cc3[cH-]c4cc5c(cc4c3cc21)C(C)=CC5(C)C.CC1=[C-]C(C)C=C1C(C)C.CC[C](=[Zr+2])c1ccccc1. The van der Waals surface area contributed by atoms with Gasteiger partial charge in [-0.25, -0.2) is 5.57 Å². The number of hydrogen-bond acceptors (Lipinski definition) is 0. The van der Waals surface area contributed by atoms with Crippen molar-refractivity contribution in [2.45, 2.75) is 93.4 Å². The zero-order chi connectivity index (χ0) is 32.8. The molecule has 0 fully saturated rings. The average molecular weight is 670 g/mol. The maximum atomic E-state index is 3.37. The summed E-state index contributed by atoms with van der Waals surface area (Å²) in [6.45, 7) is 24.8. The Kier molecular flexibility index (Phi) is 9.56. The molecule has 0 bridgehead atoms. The first-order chi connectivity index (χ1) is 21.1. The fourth-order valence-electron chi connectivity index (χ4n) is 7.55. The molecule has 0 radical (unpaired) electrons. The molecule has 1 atom stereocenters. The number of hydrogen-bond donors (Lipinski definition) is 0. The van der Waals surface area contributed by atoms with Gasteiger partial charge in [-0.2, -0.15) is 11.6 Å². The molecule has 0 heterocycles. The van der Waals surface area contributed by atoms with Crippen molar-refractivity contribution >= 4 is 35.9 Å². The van der Waals surface area contributed by atoms with Crippen LogP contribution in [0.25, 0.3) is 32.7 Å². The summed E-state index contributed by atoms with van der Waals surface area (Å²) < 4.78 is 1.55. The molecule has 0 amide bonds. The van der Waals surface area contributed by atoms with E-state index in [2.05, 4.69) is 161 Å². The molecule has 0 saturated carbocycles. The summed E-state index contributed by atoms with van der Waals surface area (Å²) in [6.07, 6.45) is 11.7. The molecular weight excluding hydrogens is 620 g/mol. The van der Waals surface area contributed by atoms with E-state index in [4.69, 9.17) is 0 Å². The zero-order valence-electron chi connectivity index (χ0n) is 29.4. The van der Waals surface area contributed by atoms with Crippen LogP contribution in [0.15, 0.2) is 90.0 Å². The fraction of sp³-hybridized carbons (Fsp3) is 0.364. The van der Waals surface area contributed by atoms with Gasteiger partial charge in [0.15, 0.2) is 0 Å². The second-order valence-corrected chi connectivity index (χ2v) is 16.2. The van der Waals surface area contributed by atoms with Gasteiger partial charge in [-0.15, -0.1) is 39.7 Å². The van der Waals surface area contributed by atoms with E-state index in [1.54, 1.807) is 3.21 Å². The number of allylic oxidation sites excluding steroid dienone is 8. The van der Waals surface area contributed by atoms with Gasteiger partial charge < -0.3 is 0 Å². The van der Waals surface area contributed by atoms with E-state index in [0.717, 1.165) is 0 Å². The van der Waals surface area contributed by atoms with E-state index in [-0.39, 0.29) is 10.8 Å². The molecule has 0 nitrogen and oxygen atoms in total. The third-order valence-electron chi connectivity index (χ3n) is 9.78. The van der Waals surface area contributed by atoms with Crippen molar-refractivity contribution in [1.29, 1.82) is 0 Å². The molecule has 45 heavy (non-hydrogen) atoms. The molecule has 0 saturated heterocycles. The van der Waals surface area contributed by atoms with Crippen LogP contribution >= 0.6 is 0 Å².